The minimum Gasteiger partial charge on any atom is -1.00 e. The van der Waals surface area contributed by atoms with Crippen LogP contribution in [0.2, 0.25) is 0 Å². The third-order valence-corrected chi connectivity index (χ3v) is 6.95. The van der Waals surface area contributed by atoms with Crippen LogP contribution in [0.1, 0.15) is 122 Å². The first-order valence-corrected chi connectivity index (χ1v) is 14.0. The lowest BCUT2D eigenvalue weighted by atomic mass is 9.88. The number of imidazole rings is 1. The number of nitrogens with one attached hydrogen (secondary N) is 1. The van der Waals surface area contributed by atoms with E-state index in [4.69, 9.17) is 0 Å². The van der Waals surface area contributed by atoms with Crippen LogP contribution in [-0.4, -0.2) is 15.7 Å². The molecule has 0 fully saturated rings. The molecule has 0 aliphatic heterocycles. The maximum atomic E-state index is 11.4. The average molecular weight is 491 g/mol. The number of rotatable bonds is 21. The van der Waals surface area contributed by atoms with Gasteiger partial charge in [0.2, 0.25) is 6.33 Å². The van der Waals surface area contributed by atoms with Gasteiger partial charge in [-0.1, -0.05) is 140 Å². The van der Waals surface area contributed by atoms with Gasteiger partial charge in [-0.3, -0.25) is 4.98 Å². The molecule has 0 spiro atoms. The molecule has 0 aliphatic carbocycles. The fourth-order valence-corrected chi connectivity index (χ4v) is 4.96. The number of nitrogens with zero attached hydrogens (tertiary/aromatic N) is 1. The molecular weight excluding hydrogens is 440 g/mol. The molecule has 0 radical (unpaired) electrons. The predicted molar refractivity (Wildman–Crippen MR) is 140 cm³/mol. The Balaban J connectivity index is 0.00000578. The molecular formula is C30H51ClN2O. The van der Waals surface area contributed by atoms with Gasteiger partial charge in [0.25, 0.3) is 0 Å². The molecule has 0 amide bonds. The van der Waals surface area contributed by atoms with Crippen molar-refractivity contribution in [1.29, 1.82) is 0 Å². The smallest absolute Gasteiger partial charge is 0.241 e. The van der Waals surface area contributed by atoms with Gasteiger partial charge in [0.15, 0.2) is 0 Å². The van der Waals surface area contributed by atoms with E-state index in [1.165, 1.54) is 102 Å². The third kappa shape index (κ3) is 14.8. The first-order valence-electron chi connectivity index (χ1n) is 14.0. The van der Waals surface area contributed by atoms with Crippen LogP contribution >= 0.6 is 0 Å². The topological polar surface area (TPSA) is 39.9 Å². The summed E-state index contributed by atoms with van der Waals surface area (Å²) in [6.45, 7) is 2.93. The van der Waals surface area contributed by atoms with Crippen molar-refractivity contribution < 1.29 is 22.1 Å². The Morgan fingerprint density at radius 3 is 1.71 bits per heavy atom. The number of benzene rings is 1. The number of H-pyrrole nitrogens is 1. The molecule has 4 heteroatoms. The largest absolute Gasteiger partial charge is 1.00 e. The second-order valence-corrected chi connectivity index (χ2v) is 10.2. The minimum atomic E-state index is -0.690. The zero-order valence-corrected chi connectivity index (χ0v) is 22.6. The van der Waals surface area contributed by atoms with E-state index in [-0.39, 0.29) is 12.4 Å². The Kier molecular flexibility index (Phi) is 18.0. The van der Waals surface area contributed by atoms with Crippen LogP contribution in [0.3, 0.4) is 0 Å². The highest BCUT2D eigenvalue weighted by molar-refractivity contribution is 5.16. The van der Waals surface area contributed by atoms with Gasteiger partial charge >= 0.3 is 0 Å². The van der Waals surface area contributed by atoms with Gasteiger partial charge < -0.3 is 17.5 Å². The summed E-state index contributed by atoms with van der Waals surface area (Å²) in [5.74, 6) is 0. The van der Waals surface area contributed by atoms with Crippen molar-refractivity contribution in [2.75, 3.05) is 0 Å². The highest BCUT2D eigenvalue weighted by Gasteiger charge is 2.29. The van der Waals surface area contributed by atoms with E-state index in [2.05, 4.69) is 40.7 Å². The summed E-state index contributed by atoms with van der Waals surface area (Å²) in [5.41, 5.74) is 0.525. The van der Waals surface area contributed by atoms with Gasteiger partial charge in [-0.15, -0.1) is 0 Å². The summed E-state index contributed by atoms with van der Waals surface area (Å²) >= 11 is 0. The molecule has 2 N–H and O–H groups in total. The quantitative estimate of drug-likeness (QED) is 0.189. The van der Waals surface area contributed by atoms with Gasteiger partial charge in [0.05, 0.1) is 0 Å². The van der Waals surface area contributed by atoms with E-state index < -0.39 is 5.60 Å². The maximum absolute atomic E-state index is 11.4. The van der Waals surface area contributed by atoms with Crippen LogP contribution in [0, 0.1) is 0 Å². The number of aromatic nitrogens is 2. The molecule has 2 aromatic rings. The van der Waals surface area contributed by atoms with E-state index in [1.807, 2.05) is 24.8 Å². The van der Waals surface area contributed by atoms with Gasteiger partial charge in [0, 0.05) is 6.42 Å². The van der Waals surface area contributed by atoms with Crippen molar-refractivity contribution in [1.82, 2.24) is 4.98 Å². The summed E-state index contributed by atoms with van der Waals surface area (Å²) in [5, 5.41) is 11.4. The average Bonchev–Trinajstić information content (AvgIpc) is 3.32. The van der Waals surface area contributed by atoms with Crippen molar-refractivity contribution in [2.45, 2.75) is 135 Å². The predicted octanol–water partition coefficient (Wildman–Crippen LogP) is 4.93. The Bertz CT molecular complexity index is 676. The molecule has 1 heterocycles. The van der Waals surface area contributed by atoms with Gasteiger partial charge in [-0.25, -0.2) is 4.57 Å². The van der Waals surface area contributed by atoms with Crippen molar-refractivity contribution in [3.8, 4) is 0 Å². The Morgan fingerprint density at radius 2 is 1.24 bits per heavy atom. The molecule has 1 unspecified atom stereocenters. The molecule has 0 aliphatic rings. The number of hydrogen-bond donors (Lipinski definition) is 2. The van der Waals surface area contributed by atoms with Crippen LogP contribution in [0.4, 0.5) is 0 Å². The zero-order valence-electron chi connectivity index (χ0n) is 21.8. The van der Waals surface area contributed by atoms with Crippen LogP contribution in [0.5, 0.6) is 0 Å². The first-order chi connectivity index (χ1) is 16.2. The normalized spacial score (nSPS) is 12.9. The molecule has 0 saturated heterocycles. The number of aromatic amines is 1. The van der Waals surface area contributed by atoms with Crippen molar-refractivity contribution >= 4 is 0 Å². The van der Waals surface area contributed by atoms with E-state index in [0.29, 0.717) is 13.0 Å². The summed E-state index contributed by atoms with van der Waals surface area (Å²) in [7, 11) is 0. The summed E-state index contributed by atoms with van der Waals surface area (Å²) in [6.07, 6.45) is 29.5. The lowest BCUT2D eigenvalue weighted by Crippen LogP contribution is -3.00. The van der Waals surface area contributed by atoms with Crippen LogP contribution in [0.15, 0.2) is 49.1 Å². The maximum Gasteiger partial charge on any atom is 0.241 e. The van der Waals surface area contributed by atoms with Crippen LogP contribution in [-0.2, 0) is 13.0 Å². The standard InChI is InChI=1S/C30H50N2O.ClH/c1-2-3-4-5-6-7-8-9-10-11-12-13-14-15-16-20-23-30(33,27-32-25-24-31-28-32)26-29-21-18-17-19-22-29;/h17-19,21-22,24-25,28,33H,2-16,20,23,26-27H2,1H3;1H. The molecule has 1 aromatic heterocycles. The van der Waals surface area contributed by atoms with E-state index >= 15 is 0 Å². The van der Waals surface area contributed by atoms with Gasteiger partial charge in [0.1, 0.15) is 24.5 Å². The van der Waals surface area contributed by atoms with E-state index in [1.54, 1.807) is 0 Å². The number of halogens is 1. The summed E-state index contributed by atoms with van der Waals surface area (Å²) in [4.78, 5) is 3.09. The first kappa shape index (κ1) is 30.7. The van der Waals surface area contributed by atoms with Crippen molar-refractivity contribution in [3.63, 3.8) is 0 Å². The van der Waals surface area contributed by atoms with Gasteiger partial charge in [-0.05, 0) is 12.0 Å². The zero-order chi connectivity index (χ0) is 23.5. The van der Waals surface area contributed by atoms with Crippen molar-refractivity contribution in [3.05, 3.63) is 54.6 Å². The molecule has 34 heavy (non-hydrogen) atoms. The fourth-order valence-electron chi connectivity index (χ4n) is 4.96. The summed E-state index contributed by atoms with van der Waals surface area (Å²) in [6, 6.07) is 10.4. The van der Waals surface area contributed by atoms with Crippen LogP contribution in [0.25, 0.3) is 0 Å². The number of aliphatic hydroxyl groups is 1. The van der Waals surface area contributed by atoms with Crippen molar-refractivity contribution in [2.24, 2.45) is 0 Å². The molecule has 1 aromatic carbocycles. The SMILES string of the molecule is CCCCCCCCCCCCCCCCCCC(O)(Cc1ccccc1)C[n+]1cc[nH]c1.[Cl-]. The summed E-state index contributed by atoms with van der Waals surface area (Å²) < 4.78 is 2.06. The fraction of sp³-hybridized carbons (Fsp3) is 0.700. The highest BCUT2D eigenvalue weighted by Crippen LogP contribution is 2.22. The van der Waals surface area contributed by atoms with E-state index in [0.717, 1.165) is 12.8 Å². The molecule has 0 saturated carbocycles. The number of hydrogen-bond acceptors (Lipinski definition) is 1. The third-order valence-electron chi connectivity index (χ3n) is 6.95. The highest BCUT2D eigenvalue weighted by atomic mass is 35.5. The molecule has 3 nitrogen and oxygen atoms in total. The molecule has 2 rings (SSSR count). The Hall–Kier alpha value is -1.32. The molecule has 0 bridgehead atoms. The van der Waals surface area contributed by atoms with E-state index in [9.17, 15) is 5.11 Å². The number of unbranched alkanes of at least 4 members (excludes halogenated alkanes) is 15. The molecule has 194 valence electrons. The minimum absolute atomic E-state index is 0. The lowest BCUT2D eigenvalue weighted by molar-refractivity contribution is -0.709. The van der Waals surface area contributed by atoms with Gasteiger partial charge in [-0.2, -0.15) is 0 Å². The molecule has 1 atom stereocenters. The second kappa shape index (κ2) is 19.9. The van der Waals surface area contributed by atoms with Crippen LogP contribution < -0.4 is 17.0 Å². The monoisotopic (exact) mass is 490 g/mol. The Morgan fingerprint density at radius 1 is 0.735 bits per heavy atom. The Labute approximate surface area is 216 Å². The lowest BCUT2D eigenvalue weighted by Gasteiger charge is -2.26. The second-order valence-electron chi connectivity index (χ2n) is 10.2.